The molecule has 0 atom stereocenters. The Kier molecular flexibility index (Phi) is 2.29. The molecule has 53 valence electrons. The molecule has 2 nitrogen and oxygen atoms in total. The van der Waals surface area contributed by atoms with Crippen molar-refractivity contribution in [2.45, 2.75) is 0 Å². The normalized spacial score (nSPS) is 9.40. The van der Waals surface area contributed by atoms with Crippen molar-refractivity contribution in [3.05, 3.63) is 21.3 Å². The molecule has 0 N–H and O–H groups in total. The topological polar surface area (TPSA) is 26.3 Å². The van der Waals surface area contributed by atoms with Gasteiger partial charge in [-0.1, -0.05) is 11.6 Å². The number of hydrogen-bond acceptors (Lipinski definition) is 3. The van der Waals surface area contributed by atoms with Crippen LogP contribution >= 0.6 is 22.9 Å². The number of carbonyl (C=O) groups excluding carboxylic acids is 1. The van der Waals surface area contributed by atoms with Crippen LogP contribution in [0.2, 0.25) is 5.02 Å². The van der Waals surface area contributed by atoms with Gasteiger partial charge in [0.25, 0.3) is 0 Å². The first kappa shape index (κ1) is 7.57. The Labute approximate surface area is 67.4 Å². The van der Waals surface area contributed by atoms with E-state index in [0.717, 1.165) is 11.3 Å². The Morgan fingerprint density at radius 1 is 1.90 bits per heavy atom. The highest BCUT2D eigenvalue weighted by Gasteiger charge is 2.07. The largest absolute Gasteiger partial charge is 0.465 e. The van der Waals surface area contributed by atoms with Gasteiger partial charge in [-0.2, -0.15) is 0 Å². The van der Waals surface area contributed by atoms with Gasteiger partial charge in [0, 0.05) is 0 Å². The summed E-state index contributed by atoms with van der Waals surface area (Å²) in [6, 6.07) is 1.53. The van der Waals surface area contributed by atoms with Crippen molar-refractivity contribution in [2.24, 2.45) is 0 Å². The average Bonchev–Trinajstić information content (AvgIpc) is 2.34. The summed E-state index contributed by atoms with van der Waals surface area (Å²) in [5.74, 6) is -0.367. The highest BCUT2D eigenvalue weighted by Crippen LogP contribution is 2.18. The van der Waals surface area contributed by atoms with Crippen molar-refractivity contribution in [3.8, 4) is 0 Å². The smallest absolute Gasteiger partial charge is 0.348 e. The second kappa shape index (κ2) is 3.03. The third-order valence-corrected chi connectivity index (χ3v) is 2.04. The van der Waals surface area contributed by atoms with E-state index in [1.54, 1.807) is 0 Å². The third-order valence-electron chi connectivity index (χ3n) is 0.903. The Hall–Kier alpha value is -0.540. The first-order chi connectivity index (χ1) is 4.74. The molecular weight excluding hydrogens is 172 g/mol. The predicted octanol–water partition coefficient (Wildman–Crippen LogP) is 1.99. The highest BCUT2D eigenvalue weighted by atomic mass is 35.5. The summed E-state index contributed by atoms with van der Waals surface area (Å²) in [5.41, 5.74) is 0. The number of rotatable bonds is 1. The SMILES string of the molecule is COC(=O)c1cc(Cl)[c]s1. The second-order valence-electron chi connectivity index (χ2n) is 1.55. The lowest BCUT2D eigenvalue weighted by atomic mass is 10.5. The molecule has 1 aromatic rings. The monoisotopic (exact) mass is 175 g/mol. The number of hydrogen-bond donors (Lipinski definition) is 0. The quantitative estimate of drug-likeness (QED) is 0.611. The van der Waals surface area contributed by atoms with Gasteiger partial charge in [0.05, 0.1) is 17.5 Å². The van der Waals surface area contributed by atoms with E-state index in [1.165, 1.54) is 13.2 Å². The molecule has 1 rings (SSSR count). The minimum Gasteiger partial charge on any atom is -0.465 e. The van der Waals surface area contributed by atoms with Crippen molar-refractivity contribution in [3.63, 3.8) is 0 Å². The lowest BCUT2D eigenvalue weighted by Crippen LogP contribution is -1.96. The Balaban J connectivity index is 2.85. The third kappa shape index (κ3) is 1.49. The van der Waals surface area contributed by atoms with Gasteiger partial charge < -0.3 is 4.74 Å². The molecule has 0 aliphatic carbocycles. The predicted molar refractivity (Wildman–Crippen MR) is 39.5 cm³/mol. The maximum atomic E-state index is 10.7. The molecule has 0 unspecified atom stereocenters. The lowest BCUT2D eigenvalue weighted by molar-refractivity contribution is 0.0606. The molecule has 0 spiro atoms. The van der Waals surface area contributed by atoms with E-state index < -0.39 is 0 Å². The van der Waals surface area contributed by atoms with Gasteiger partial charge in [-0.3, -0.25) is 0 Å². The van der Waals surface area contributed by atoms with Crippen molar-refractivity contribution in [1.29, 1.82) is 0 Å². The second-order valence-corrected chi connectivity index (χ2v) is 2.81. The van der Waals surface area contributed by atoms with Crippen LogP contribution in [-0.4, -0.2) is 13.1 Å². The molecule has 0 fully saturated rings. The summed E-state index contributed by atoms with van der Waals surface area (Å²) >= 11 is 6.66. The van der Waals surface area contributed by atoms with Crippen LogP contribution in [0, 0.1) is 5.38 Å². The summed E-state index contributed by atoms with van der Waals surface area (Å²) in [6.45, 7) is 0. The summed E-state index contributed by atoms with van der Waals surface area (Å²) in [4.78, 5) is 11.2. The van der Waals surface area contributed by atoms with E-state index in [0.29, 0.717) is 9.90 Å². The van der Waals surface area contributed by atoms with Crippen LogP contribution in [0.15, 0.2) is 6.07 Å². The van der Waals surface area contributed by atoms with Gasteiger partial charge >= 0.3 is 5.97 Å². The molecule has 0 saturated heterocycles. The molecule has 4 heteroatoms. The van der Waals surface area contributed by atoms with Gasteiger partial charge in [-0.15, -0.1) is 11.3 Å². The van der Waals surface area contributed by atoms with Crippen LogP contribution in [-0.2, 0) is 4.74 Å². The molecule has 1 heterocycles. The summed E-state index contributed by atoms with van der Waals surface area (Å²) in [5, 5.41) is 3.14. The molecule has 0 amide bonds. The Morgan fingerprint density at radius 2 is 2.60 bits per heavy atom. The number of methoxy groups -OCH3 is 1. The van der Waals surface area contributed by atoms with Gasteiger partial charge in [0.2, 0.25) is 0 Å². The van der Waals surface area contributed by atoms with Crippen molar-refractivity contribution >= 4 is 28.9 Å². The van der Waals surface area contributed by atoms with E-state index in [2.05, 4.69) is 10.1 Å². The number of esters is 1. The van der Waals surface area contributed by atoms with Crippen LogP contribution in [0.4, 0.5) is 0 Å². The lowest BCUT2D eigenvalue weighted by Gasteiger charge is -1.90. The molecule has 0 saturated carbocycles. The van der Waals surface area contributed by atoms with Gasteiger partial charge in [0.15, 0.2) is 0 Å². The first-order valence-corrected chi connectivity index (χ1v) is 3.69. The van der Waals surface area contributed by atoms with Crippen LogP contribution in [0.25, 0.3) is 0 Å². The van der Waals surface area contributed by atoms with Gasteiger partial charge in [-0.25, -0.2) is 4.79 Å². The maximum absolute atomic E-state index is 10.7. The summed E-state index contributed by atoms with van der Waals surface area (Å²) in [7, 11) is 1.33. The Morgan fingerprint density at radius 3 is 3.00 bits per heavy atom. The minimum absolute atomic E-state index is 0.367. The van der Waals surface area contributed by atoms with Crippen molar-refractivity contribution in [1.82, 2.24) is 0 Å². The summed E-state index contributed by atoms with van der Waals surface area (Å²) in [6.07, 6.45) is 0. The molecule has 0 aliphatic rings. The van der Waals surface area contributed by atoms with Crippen LogP contribution in [0.1, 0.15) is 9.67 Å². The van der Waals surface area contributed by atoms with E-state index in [4.69, 9.17) is 11.6 Å². The van der Waals surface area contributed by atoms with Crippen LogP contribution in [0.5, 0.6) is 0 Å². The molecular formula is C6H4ClO2S. The Bertz CT molecular complexity index is 244. The molecule has 1 radical (unpaired) electrons. The number of halogens is 1. The van der Waals surface area contributed by atoms with E-state index >= 15 is 0 Å². The highest BCUT2D eigenvalue weighted by molar-refractivity contribution is 7.12. The standard InChI is InChI=1S/C6H4ClO2S/c1-9-6(8)5-2-4(7)3-10-5/h2H,1H3. The zero-order chi connectivity index (χ0) is 7.56. The maximum Gasteiger partial charge on any atom is 0.348 e. The molecule has 0 aromatic carbocycles. The fourth-order valence-electron chi connectivity index (χ4n) is 0.479. The van der Waals surface area contributed by atoms with Crippen LogP contribution < -0.4 is 0 Å². The zero-order valence-corrected chi connectivity index (χ0v) is 6.75. The van der Waals surface area contributed by atoms with Gasteiger partial charge in [-0.05, 0) is 6.07 Å². The molecule has 0 bridgehead atoms. The fraction of sp³-hybridized carbons (Fsp3) is 0.167. The summed E-state index contributed by atoms with van der Waals surface area (Å²) < 4.78 is 4.44. The fourth-order valence-corrected chi connectivity index (χ4v) is 1.38. The number of thiophene rings is 1. The number of carbonyl (C=O) groups is 1. The first-order valence-electron chi connectivity index (χ1n) is 2.49. The van der Waals surface area contributed by atoms with Crippen molar-refractivity contribution in [2.75, 3.05) is 7.11 Å². The number of ether oxygens (including phenoxy) is 1. The molecule has 1 aromatic heterocycles. The molecule has 10 heavy (non-hydrogen) atoms. The zero-order valence-electron chi connectivity index (χ0n) is 5.18. The molecule has 0 aliphatic heterocycles. The van der Waals surface area contributed by atoms with Crippen LogP contribution in [0.3, 0.4) is 0 Å². The van der Waals surface area contributed by atoms with E-state index in [9.17, 15) is 4.79 Å². The van der Waals surface area contributed by atoms with E-state index in [-0.39, 0.29) is 5.97 Å². The van der Waals surface area contributed by atoms with E-state index in [1.807, 2.05) is 0 Å². The van der Waals surface area contributed by atoms with Crippen molar-refractivity contribution < 1.29 is 9.53 Å². The average molecular weight is 176 g/mol. The van der Waals surface area contributed by atoms with Gasteiger partial charge in [0.1, 0.15) is 4.88 Å². The minimum atomic E-state index is -0.367.